The predicted octanol–water partition coefficient (Wildman–Crippen LogP) is 1.91. The van der Waals surface area contributed by atoms with Crippen LogP contribution >= 0.6 is 0 Å². The van der Waals surface area contributed by atoms with E-state index in [4.69, 9.17) is 15.3 Å². The SMILES string of the molecule is CC(C)(C#N)COC(=O)N1CCC(C#N)CC1. The lowest BCUT2D eigenvalue weighted by molar-refractivity contribution is 0.0722. The summed E-state index contributed by atoms with van der Waals surface area (Å²) in [6.07, 6.45) is 1.02. The van der Waals surface area contributed by atoms with E-state index in [-0.39, 0.29) is 18.6 Å². The number of ether oxygens (including phenoxy) is 1. The van der Waals surface area contributed by atoms with Crippen LogP contribution in [-0.4, -0.2) is 30.7 Å². The van der Waals surface area contributed by atoms with Crippen LogP contribution in [0.15, 0.2) is 0 Å². The van der Waals surface area contributed by atoms with E-state index >= 15 is 0 Å². The fourth-order valence-electron chi connectivity index (χ4n) is 1.56. The Balaban J connectivity index is 2.36. The van der Waals surface area contributed by atoms with E-state index in [0.717, 1.165) is 0 Å². The third-order valence-electron chi connectivity index (χ3n) is 2.79. The molecule has 0 unspecified atom stereocenters. The van der Waals surface area contributed by atoms with Crippen molar-refractivity contribution in [2.24, 2.45) is 11.3 Å². The number of carbonyl (C=O) groups is 1. The van der Waals surface area contributed by atoms with Crippen LogP contribution in [0.2, 0.25) is 0 Å². The van der Waals surface area contributed by atoms with E-state index in [0.29, 0.717) is 25.9 Å². The molecule has 0 aromatic carbocycles. The van der Waals surface area contributed by atoms with Gasteiger partial charge in [0, 0.05) is 19.0 Å². The van der Waals surface area contributed by atoms with Gasteiger partial charge in [-0.25, -0.2) is 4.79 Å². The summed E-state index contributed by atoms with van der Waals surface area (Å²) < 4.78 is 5.09. The van der Waals surface area contributed by atoms with Crippen molar-refractivity contribution < 1.29 is 9.53 Å². The minimum Gasteiger partial charge on any atom is -0.448 e. The summed E-state index contributed by atoms with van der Waals surface area (Å²) in [5, 5.41) is 17.5. The third-order valence-corrected chi connectivity index (χ3v) is 2.79. The lowest BCUT2D eigenvalue weighted by Gasteiger charge is -2.29. The number of nitrogens with zero attached hydrogens (tertiary/aromatic N) is 3. The Morgan fingerprint density at radius 1 is 1.41 bits per heavy atom. The highest BCUT2D eigenvalue weighted by molar-refractivity contribution is 5.67. The number of carbonyl (C=O) groups excluding carboxylic acids is 1. The van der Waals surface area contributed by atoms with E-state index in [1.807, 2.05) is 0 Å². The Labute approximate surface area is 102 Å². The molecule has 1 aliphatic heterocycles. The van der Waals surface area contributed by atoms with Crippen LogP contribution in [0.3, 0.4) is 0 Å². The van der Waals surface area contributed by atoms with Gasteiger partial charge in [0.2, 0.25) is 0 Å². The summed E-state index contributed by atoms with van der Waals surface area (Å²) in [4.78, 5) is 13.3. The molecule has 1 amide bonds. The largest absolute Gasteiger partial charge is 0.448 e. The van der Waals surface area contributed by atoms with E-state index in [1.165, 1.54) is 0 Å². The summed E-state index contributed by atoms with van der Waals surface area (Å²) in [6.45, 7) is 4.67. The molecule has 0 aromatic heterocycles. The van der Waals surface area contributed by atoms with Gasteiger partial charge >= 0.3 is 6.09 Å². The molecule has 0 N–H and O–H groups in total. The molecule has 1 saturated heterocycles. The van der Waals surface area contributed by atoms with Gasteiger partial charge in [-0.3, -0.25) is 0 Å². The van der Waals surface area contributed by atoms with Gasteiger partial charge in [-0.1, -0.05) is 0 Å². The van der Waals surface area contributed by atoms with E-state index in [1.54, 1.807) is 18.7 Å². The van der Waals surface area contributed by atoms with Crippen molar-refractivity contribution in [3.8, 4) is 12.1 Å². The summed E-state index contributed by atoms with van der Waals surface area (Å²) in [7, 11) is 0. The van der Waals surface area contributed by atoms with Crippen LogP contribution in [0.25, 0.3) is 0 Å². The first-order valence-corrected chi connectivity index (χ1v) is 5.71. The van der Waals surface area contributed by atoms with Gasteiger partial charge in [0.05, 0.1) is 17.6 Å². The van der Waals surface area contributed by atoms with Crippen molar-refractivity contribution in [1.82, 2.24) is 4.90 Å². The van der Waals surface area contributed by atoms with Crippen LogP contribution < -0.4 is 0 Å². The molecule has 5 heteroatoms. The molecule has 0 bridgehead atoms. The predicted molar refractivity (Wildman–Crippen MR) is 60.7 cm³/mol. The molecule has 0 atom stereocenters. The average Bonchev–Trinajstić information content (AvgIpc) is 2.36. The molecular weight excluding hydrogens is 218 g/mol. The zero-order valence-electron chi connectivity index (χ0n) is 10.3. The van der Waals surface area contributed by atoms with E-state index in [2.05, 4.69) is 12.1 Å². The monoisotopic (exact) mass is 235 g/mol. The number of nitriles is 2. The molecule has 1 rings (SSSR count). The first-order valence-electron chi connectivity index (χ1n) is 5.71. The normalized spacial score (nSPS) is 17.1. The molecule has 0 aromatic rings. The highest BCUT2D eigenvalue weighted by atomic mass is 16.6. The van der Waals surface area contributed by atoms with Crippen molar-refractivity contribution in [2.75, 3.05) is 19.7 Å². The molecule has 0 spiro atoms. The minimum absolute atomic E-state index is 0.0506. The highest BCUT2D eigenvalue weighted by Crippen LogP contribution is 2.18. The highest BCUT2D eigenvalue weighted by Gasteiger charge is 2.25. The van der Waals surface area contributed by atoms with Crippen molar-refractivity contribution in [1.29, 1.82) is 10.5 Å². The first kappa shape index (κ1) is 13.3. The maximum absolute atomic E-state index is 11.7. The molecule has 92 valence electrons. The maximum Gasteiger partial charge on any atom is 0.409 e. The zero-order chi connectivity index (χ0) is 12.9. The summed E-state index contributed by atoms with van der Waals surface area (Å²) >= 11 is 0. The first-order chi connectivity index (χ1) is 7.98. The lowest BCUT2D eigenvalue weighted by Crippen LogP contribution is -2.39. The second-order valence-corrected chi connectivity index (χ2v) is 4.94. The summed E-state index contributed by atoms with van der Waals surface area (Å²) in [5.74, 6) is 0.0506. The van der Waals surface area contributed by atoms with Gasteiger partial charge in [0.15, 0.2) is 0 Å². The van der Waals surface area contributed by atoms with Crippen molar-refractivity contribution in [2.45, 2.75) is 26.7 Å². The number of likely N-dealkylation sites (tertiary alicyclic amines) is 1. The molecule has 1 aliphatic rings. The number of amides is 1. The van der Waals surface area contributed by atoms with E-state index < -0.39 is 5.41 Å². The molecule has 5 nitrogen and oxygen atoms in total. The van der Waals surface area contributed by atoms with Crippen LogP contribution in [0.4, 0.5) is 4.79 Å². The topological polar surface area (TPSA) is 77.1 Å². The van der Waals surface area contributed by atoms with Crippen molar-refractivity contribution in [3.63, 3.8) is 0 Å². The van der Waals surface area contributed by atoms with Crippen LogP contribution in [-0.2, 0) is 4.74 Å². The second kappa shape index (κ2) is 5.54. The minimum atomic E-state index is -0.652. The van der Waals surface area contributed by atoms with Gasteiger partial charge in [-0.05, 0) is 26.7 Å². The second-order valence-electron chi connectivity index (χ2n) is 4.94. The molecule has 0 radical (unpaired) electrons. The van der Waals surface area contributed by atoms with Gasteiger partial charge in [0.1, 0.15) is 6.61 Å². The quantitative estimate of drug-likeness (QED) is 0.732. The Morgan fingerprint density at radius 2 is 2.00 bits per heavy atom. The molecule has 0 saturated carbocycles. The maximum atomic E-state index is 11.7. The smallest absolute Gasteiger partial charge is 0.409 e. The molecule has 1 fully saturated rings. The van der Waals surface area contributed by atoms with Gasteiger partial charge in [-0.2, -0.15) is 10.5 Å². The third kappa shape index (κ3) is 3.96. The Bertz CT molecular complexity index is 357. The molecule has 1 heterocycles. The van der Waals surface area contributed by atoms with Crippen LogP contribution in [0.1, 0.15) is 26.7 Å². The van der Waals surface area contributed by atoms with Crippen molar-refractivity contribution >= 4 is 6.09 Å². The Kier molecular flexibility index (Phi) is 4.34. The average molecular weight is 235 g/mol. The fourth-order valence-corrected chi connectivity index (χ4v) is 1.56. The number of hydrogen-bond acceptors (Lipinski definition) is 4. The van der Waals surface area contributed by atoms with E-state index in [9.17, 15) is 4.79 Å². The molecule has 17 heavy (non-hydrogen) atoms. The number of piperidine rings is 1. The Hall–Kier alpha value is -1.75. The molecule has 0 aliphatic carbocycles. The molecular formula is C12H17N3O2. The standard InChI is InChI=1S/C12H17N3O2/c1-12(2,8-14)9-17-11(16)15-5-3-10(7-13)4-6-15/h10H,3-6,9H2,1-2H3. The van der Waals surface area contributed by atoms with Crippen LogP contribution in [0, 0.1) is 34.0 Å². The lowest BCUT2D eigenvalue weighted by atomic mass is 9.97. The zero-order valence-corrected chi connectivity index (χ0v) is 10.3. The van der Waals surface area contributed by atoms with Gasteiger partial charge in [0.25, 0.3) is 0 Å². The summed E-state index contributed by atoms with van der Waals surface area (Å²) in [5.41, 5.74) is -0.652. The van der Waals surface area contributed by atoms with Gasteiger partial charge < -0.3 is 9.64 Å². The number of rotatable bonds is 2. The van der Waals surface area contributed by atoms with Crippen LogP contribution in [0.5, 0.6) is 0 Å². The Morgan fingerprint density at radius 3 is 2.47 bits per heavy atom. The van der Waals surface area contributed by atoms with Crippen molar-refractivity contribution in [3.05, 3.63) is 0 Å². The van der Waals surface area contributed by atoms with Gasteiger partial charge in [-0.15, -0.1) is 0 Å². The summed E-state index contributed by atoms with van der Waals surface area (Å²) in [6, 6.07) is 4.28. The number of hydrogen-bond donors (Lipinski definition) is 0. The fraction of sp³-hybridized carbons (Fsp3) is 0.750.